The topological polar surface area (TPSA) is 75.6 Å². The zero-order valence-corrected chi connectivity index (χ0v) is 16.2. The first-order valence-corrected chi connectivity index (χ1v) is 9.57. The minimum atomic E-state index is -0.250. The minimum Gasteiger partial charge on any atom is -0.354 e. The van der Waals surface area contributed by atoms with Crippen LogP contribution in [-0.2, 0) is 17.9 Å². The number of halogens is 1. The fourth-order valence-electron chi connectivity index (χ4n) is 3.46. The Morgan fingerprint density at radius 2 is 2.10 bits per heavy atom. The molecule has 0 saturated carbocycles. The van der Waals surface area contributed by atoms with Crippen molar-refractivity contribution in [2.24, 2.45) is 0 Å². The summed E-state index contributed by atoms with van der Waals surface area (Å²) in [6, 6.07) is 12.7. The van der Waals surface area contributed by atoms with Gasteiger partial charge in [-0.1, -0.05) is 18.2 Å². The summed E-state index contributed by atoms with van der Waals surface area (Å²) < 4.78 is 15.9. The summed E-state index contributed by atoms with van der Waals surface area (Å²) in [5.41, 5.74) is 4.29. The highest BCUT2D eigenvalue weighted by Crippen LogP contribution is 2.31. The molecule has 4 aromatic rings. The van der Waals surface area contributed by atoms with E-state index in [2.05, 4.69) is 20.4 Å². The number of nitrogens with zero attached hydrogens (tertiary/aromatic N) is 3. The summed E-state index contributed by atoms with van der Waals surface area (Å²) in [5.74, 6) is -0.247. The van der Waals surface area contributed by atoms with Crippen LogP contribution < -0.4 is 5.32 Å². The standard InChI is InChI=1S/C22H22FN5O/c1-15-18-11-16(12-25-21(29)7-4-10-28-14-24-13-26-28)8-9-20(18)27-22(15)17-5-2-3-6-19(17)23/h2-3,5-6,8-9,11,13-14,27H,4,7,10,12H2,1H3,(H,25,29). The lowest BCUT2D eigenvalue weighted by molar-refractivity contribution is -0.121. The molecule has 0 unspecified atom stereocenters. The molecule has 0 aliphatic heterocycles. The SMILES string of the molecule is Cc1c(-c2ccccc2F)[nH]c2ccc(CNC(=O)CCCn3cncn3)cc12. The highest BCUT2D eigenvalue weighted by atomic mass is 19.1. The second-order valence-corrected chi connectivity index (χ2v) is 7.02. The molecule has 0 bridgehead atoms. The number of amides is 1. The van der Waals surface area contributed by atoms with Gasteiger partial charge in [0.1, 0.15) is 18.5 Å². The van der Waals surface area contributed by atoms with Crippen molar-refractivity contribution in [1.29, 1.82) is 0 Å². The molecule has 2 heterocycles. The summed E-state index contributed by atoms with van der Waals surface area (Å²) in [6.45, 7) is 3.10. The number of aromatic nitrogens is 4. The fourth-order valence-corrected chi connectivity index (χ4v) is 3.46. The van der Waals surface area contributed by atoms with Crippen molar-refractivity contribution in [3.8, 4) is 11.3 Å². The van der Waals surface area contributed by atoms with Crippen molar-refractivity contribution < 1.29 is 9.18 Å². The van der Waals surface area contributed by atoms with Crippen LogP contribution in [0, 0.1) is 12.7 Å². The van der Waals surface area contributed by atoms with Gasteiger partial charge in [-0.25, -0.2) is 9.37 Å². The lowest BCUT2D eigenvalue weighted by atomic mass is 10.0. The summed E-state index contributed by atoms with van der Waals surface area (Å²) in [6.07, 6.45) is 4.26. The van der Waals surface area contributed by atoms with Crippen molar-refractivity contribution >= 4 is 16.8 Å². The van der Waals surface area contributed by atoms with Gasteiger partial charge in [0.05, 0.1) is 5.69 Å². The summed E-state index contributed by atoms with van der Waals surface area (Å²) in [7, 11) is 0. The summed E-state index contributed by atoms with van der Waals surface area (Å²) in [5, 5.41) is 8.01. The first kappa shape index (κ1) is 18.9. The molecule has 0 aliphatic carbocycles. The third-order valence-corrected chi connectivity index (χ3v) is 5.01. The molecule has 0 saturated heterocycles. The zero-order chi connectivity index (χ0) is 20.2. The van der Waals surface area contributed by atoms with Crippen LogP contribution in [0.3, 0.4) is 0 Å². The largest absolute Gasteiger partial charge is 0.354 e. The smallest absolute Gasteiger partial charge is 0.220 e. The van der Waals surface area contributed by atoms with Crippen LogP contribution in [0.1, 0.15) is 24.0 Å². The van der Waals surface area contributed by atoms with Gasteiger partial charge in [0.2, 0.25) is 5.91 Å². The Balaban J connectivity index is 1.41. The Hall–Kier alpha value is -3.48. The number of aryl methyl sites for hydroxylation is 2. The first-order chi connectivity index (χ1) is 14.1. The van der Waals surface area contributed by atoms with Gasteiger partial charge in [-0.05, 0) is 48.7 Å². The van der Waals surface area contributed by atoms with Gasteiger partial charge in [-0.15, -0.1) is 0 Å². The highest BCUT2D eigenvalue weighted by molar-refractivity contribution is 5.91. The van der Waals surface area contributed by atoms with Crippen molar-refractivity contribution in [3.05, 3.63) is 72.1 Å². The molecule has 2 N–H and O–H groups in total. The van der Waals surface area contributed by atoms with E-state index in [4.69, 9.17) is 0 Å². The molecule has 148 valence electrons. The monoisotopic (exact) mass is 391 g/mol. The van der Waals surface area contributed by atoms with Crippen LogP contribution in [0.4, 0.5) is 4.39 Å². The van der Waals surface area contributed by atoms with E-state index in [0.717, 1.165) is 27.7 Å². The maximum atomic E-state index is 14.2. The van der Waals surface area contributed by atoms with E-state index in [1.54, 1.807) is 23.1 Å². The van der Waals surface area contributed by atoms with E-state index in [0.29, 0.717) is 31.5 Å². The number of carbonyl (C=O) groups excluding carboxylic acids is 1. The molecule has 0 spiro atoms. The predicted octanol–water partition coefficient (Wildman–Crippen LogP) is 3.97. The van der Waals surface area contributed by atoms with Gasteiger partial charge in [-0.2, -0.15) is 5.10 Å². The Kier molecular flexibility index (Phi) is 5.37. The Bertz CT molecular complexity index is 1130. The number of carbonyl (C=O) groups is 1. The maximum absolute atomic E-state index is 14.2. The predicted molar refractivity (Wildman–Crippen MR) is 110 cm³/mol. The van der Waals surface area contributed by atoms with Gasteiger partial charge in [0.25, 0.3) is 0 Å². The van der Waals surface area contributed by atoms with Crippen LogP contribution in [-0.4, -0.2) is 25.7 Å². The molecule has 0 fully saturated rings. The molecule has 2 aromatic heterocycles. The number of hydrogen-bond donors (Lipinski definition) is 2. The number of aromatic amines is 1. The van der Waals surface area contributed by atoms with Gasteiger partial charge in [0, 0.05) is 36.0 Å². The van der Waals surface area contributed by atoms with Gasteiger partial charge < -0.3 is 10.3 Å². The van der Waals surface area contributed by atoms with Crippen molar-refractivity contribution in [1.82, 2.24) is 25.1 Å². The highest BCUT2D eigenvalue weighted by Gasteiger charge is 2.13. The lowest BCUT2D eigenvalue weighted by Gasteiger charge is -2.06. The van der Waals surface area contributed by atoms with Gasteiger partial charge in [-0.3, -0.25) is 9.48 Å². The zero-order valence-electron chi connectivity index (χ0n) is 16.2. The third-order valence-electron chi connectivity index (χ3n) is 5.01. The number of nitrogens with one attached hydrogen (secondary N) is 2. The van der Waals surface area contributed by atoms with Gasteiger partial charge in [0.15, 0.2) is 0 Å². The van der Waals surface area contributed by atoms with Crippen LogP contribution in [0.5, 0.6) is 0 Å². The van der Waals surface area contributed by atoms with E-state index in [9.17, 15) is 9.18 Å². The van der Waals surface area contributed by atoms with E-state index >= 15 is 0 Å². The molecular weight excluding hydrogens is 369 g/mol. The number of H-pyrrole nitrogens is 1. The second-order valence-electron chi connectivity index (χ2n) is 7.02. The summed E-state index contributed by atoms with van der Waals surface area (Å²) >= 11 is 0. The van der Waals surface area contributed by atoms with E-state index in [1.807, 2.05) is 31.2 Å². The summed E-state index contributed by atoms with van der Waals surface area (Å²) in [4.78, 5) is 19.3. The van der Waals surface area contributed by atoms with Crippen molar-refractivity contribution in [3.63, 3.8) is 0 Å². The van der Waals surface area contributed by atoms with E-state index in [1.165, 1.54) is 12.4 Å². The maximum Gasteiger partial charge on any atom is 0.220 e. The first-order valence-electron chi connectivity index (χ1n) is 9.57. The Morgan fingerprint density at radius 1 is 1.24 bits per heavy atom. The van der Waals surface area contributed by atoms with Crippen molar-refractivity contribution in [2.45, 2.75) is 32.9 Å². The normalized spacial score (nSPS) is 11.1. The average molecular weight is 391 g/mol. The quantitative estimate of drug-likeness (QED) is 0.501. The molecule has 0 radical (unpaired) electrons. The molecule has 1 amide bonds. The fraction of sp³-hybridized carbons (Fsp3) is 0.227. The molecule has 0 atom stereocenters. The van der Waals surface area contributed by atoms with Crippen LogP contribution >= 0.6 is 0 Å². The number of fused-ring (bicyclic) bond motifs is 1. The molecule has 4 rings (SSSR count). The minimum absolute atomic E-state index is 0.00282. The molecular formula is C22H22FN5O. The van der Waals surface area contributed by atoms with Crippen LogP contribution in [0.2, 0.25) is 0 Å². The molecule has 2 aromatic carbocycles. The van der Waals surface area contributed by atoms with Crippen LogP contribution in [0.25, 0.3) is 22.2 Å². The Labute approximate surface area is 167 Å². The second kappa shape index (κ2) is 8.26. The number of hydrogen-bond acceptors (Lipinski definition) is 3. The molecule has 7 heteroatoms. The van der Waals surface area contributed by atoms with Crippen LogP contribution in [0.15, 0.2) is 55.1 Å². The third kappa shape index (κ3) is 4.18. The number of rotatable bonds is 7. The molecule has 29 heavy (non-hydrogen) atoms. The molecule has 0 aliphatic rings. The molecule has 6 nitrogen and oxygen atoms in total. The van der Waals surface area contributed by atoms with E-state index in [-0.39, 0.29) is 11.7 Å². The van der Waals surface area contributed by atoms with Crippen molar-refractivity contribution in [2.75, 3.05) is 0 Å². The number of benzene rings is 2. The lowest BCUT2D eigenvalue weighted by Crippen LogP contribution is -2.22. The van der Waals surface area contributed by atoms with Gasteiger partial charge >= 0.3 is 0 Å². The Morgan fingerprint density at radius 3 is 2.90 bits per heavy atom. The average Bonchev–Trinajstić information content (AvgIpc) is 3.35. The van der Waals surface area contributed by atoms with E-state index < -0.39 is 0 Å².